The molecule has 0 saturated carbocycles. The second-order valence-corrected chi connectivity index (χ2v) is 4.16. The Kier molecular flexibility index (Phi) is 4.26. The zero-order valence-electron chi connectivity index (χ0n) is 9.21. The van der Waals surface area contributed by atoms with E-state index in [-0.39, 0.29) is 6.04 Å². The SMILES string of the molecule is CCC(C)N1CCN(C)CC1C(F)F. The Hall–Kier alpha value is -0.220. The number of hydrogen-bond donors (Lipinski definition) is 0. The van der Waals surface area contributed by atoms with Crippen LogP contribution in [0.3, 0.4) is 0 Å². The summed E-state index contributed by atoms with van der Waals surface area (Å²) in [6, 6.07) is -0.314. The summed E-state index contributed by atoms with van der Waals surface area (Å²) in [6.45, 7) is 6.22. The Morgan fingerprint density at radius 2 is 2.00 bits per heavy atom. The summed E-state index contributed by atoms with van der Waals surface area (Å²) in [5.74, 6) is 0. The molecule has 14 heavy (non-hydrogen) atoms. The van der Waals surface area contributed by atoms with E-state index in [1.165, 1.54) is 0 Å². The first kappa shape index (κ1) is 11.9. The van der Waals surface area contributed by atoms with Crippen molar-refractivity contribution in [1.29, 1.82) is 0 Å². The topological polar surface area (TPSA) is 6.48 Å². The van der Waals surface area contributed by atoms with Gasteiger partial charge in [-0.1, -0.05) is 6.92 Å². The van der Waals surface area contributed by atoms with E-state index in [0.717, 1.165) is 19.5 Å². The molecule has 0 aromatic rings. The van der Waals surface area contributed by atoms with Gasteiger partial charge in [-0.2, -0.15) is 0 Å². The third-order valence-corrected chi connectivity index (χ3v) is 3.11. The first-order valence-corrected chi connectivity index (χ1v) is 5.28. The maximum atomic E-state index is 12.8. The number of nitrogens with zero attached hydrogens (tertiary/aromatic N) is 2. The molecule has 2 nitrogen and oxygen atoms in total. The Morgan fingerprint density at radius 1 is 1.36 bits per heavy atom. The maximum absolute atomic E-state index is 12.8. The van der Waals surface area contributed by atoms with Crippen LogP contribution < -0.4 is 0 Å². The molecule has 84 valence electrons. The van der Waals surface area contributed by atoms with Gasteiger partial charge in [-0.3, -0.25) is 4.90 Å². The molecule has 0 aromatic carbocycles. The minimum Gasteiger partial charge on any atom is -0.303 e. The van der Waals surface area contributed by atoms with Crippen molar-refractivity contribution in [2.75, 3.05) is 26.7 Å². The van der Waals surface area contributed by atoms with Crippen LogP contribution in [0.25, 0.3) is 0 Å². The standard InChI is InChI=1S/C10H20F2N2/c1-4-8(2)14-6-5-13(3)7-9(14)10(11)12/h8-10H,4-7H2,1-3H3. The average Bonchev–Trinajstić information content (AvgIpc) is 2.16. The molecule has 1 rings (SSSR count). The van der Waals surface area contributed by atoms with E-state index < -0.39 is 12.5 Å². The fourth-order valence-electron chi connectivity index (χ4n) is 1.97. The van der Waals surface area contributed by atoms with Crippen LogP contribution in [0.4, 0.5) is 8.78 Å². The molecule has 2 atom stereocenters. The summed E-state index contributed by atoms with van der Waals surface area (Å²) < 4.78 is 25.5. The van der Waals surface area contributed by atoms with Gasteiger partial charge in [-0.25, -0.2) is 8.78 Å². The van der Waals surface area contributed by atoms with Crippen LogP contribution in [-0.2, 0) is 0 Å². The number of alkyl halides is 2. The molecular weight excluding hydrogens is 186 g/mol. The third-order valence-electron chi connectivity index (χ3n) is 3.11. The van der Waals surface area contributed by atoms with Gasteiger partial charge in [-0.15, -0.1) is 0 Å². The maximum Gasteiger partial charge on any atom is 0.255 e. The lowest BCUT2D eigenvalue weighted by molar-refractivity contribution is -0.0356. The number of piperazine rings is 1. The van der Waals surface area contributed by atoms with E-state index in [1.54, 1.807) is 0 Å². The van der Waals surface area contributed by atoms with Crippen molar-refractivity contribution in [3.8, 4) is 0 Å². The molecule has 1 saturated heterocycles. The van der Waals surface area contributed by atoms with Crippen molar-refractivity contribution in [2.45, 2.75) is 38.8 Å². The van der Waals surface area contributed by atoms with E-state index in [1.807, 2.05) is 30.7 Å². The minimum atomic E-state index is -2.23. The lowest BCUT2D eigenvalue weighted by Crippen LogP contribution is -2.57. The molecule has 1 aliphatic rings. The van der Waals surface area contributed by atoms with Crippen LogP contribution >= 0.6 is 0 Å². The van der Waals surface area contributed by atoms with E-state index in [0.29, 0.717) is 6.54 Å². The summed E-state index contributed by atoms with van der Waals surface area (Å²) in [4.78, 5) is 3.93. The molecule has 0 radical (unpaired) electrons. The van der Waals surface area contributed by atoms with Crippen molar-refractivity contribution in [3.63, 3.8) is 0 Å². The Morgan fingerprint density at radius 3 is 2.50 bits per heavy atom. The minimum absolute atomic E-state index is 0.266. The molecule has 1 aliphatic heterocycles. The Balaban J connectivity index is 2.62. The van der Waals surface area contributed by atoms with E-state index in [9.17, 15) is 8.78 Å². The lowest BCUT2D eigenvalue weighted by atomic mass is 10.1. The zero-order valence-corrected chi connectivity index (χ0v) is 9.21. The van der Waals surface area contributed by atoms with Crippen LogP contribution in [0, 0.1) is 0 Å². The van der Waals surface area contributed by atoms with Crippen LogP contribution in [0.15, 0.2) is 0 Å². The Bertz CT molecular complexity index is 176. The van der Waals surface area contributed by atoms with Crippen LogP contribution in [-0.4, -0.2) is 55.0 Å². The molecule has 0 bridgehead atoms. The first-order valence-electron chi connectivity index (χ1n) is 5.28. The number of halogens is 2. The molecule has 0 aromatic heterocycles. The van der Waals surface area contributed by atoms with Crippen molar-refractivity contribution < 1.29 is 8.78 Å². The van der Waals surface area contributed by atoms with Crippen molar-refractivity contribution >= 4 is 0 Å². The average molecular weight is 206 g/mol. The second kappa shape index (κ2) is 5.03. The zero-order chi connectivity index (χ0) is 10.7. The molecular formula is C10H20F2N2. The first-order chi connectivity index (χ1) is 6.56. The molecule has 2 unspecified atom stereocenters. The molecule has 0 aliphatic carbocycles. The number of likely N-dealkylation sites (N-methyl/N-ethyl adjacent to an activating group) is 1. The van der Waals surface area contributed by atoms with Crippen LogP contribution in [0.5, 0.6) is 0 Å². The fraction of sp³-hybridized carbons (Fsp3) is 1.00. The molecule has 1 fully saturated rings. The van der Waals surface area contributed by atoms with Gasteiger partial charge in [-0.05, 0) is 20.4 Å². The quantitative estimate of drug-likeness (QED) is 0.693. The molecule has 1 heterocycles. The van der Waals surface area contributed by atoms with Crippen molar-refractivity contribution in [1.82, 2.24) is 9.80 Å². The highest BCUT2D eigenvalue weighted by molar-refractivity contribution is 4.85. The van der Waals surface area contributed by atoms with Gasteiger partial charge in [0.2, 0.25) is 0 Å². The number of hydrogen-bond acceptors (Lipinski definition) is 2. The highest BCUT2D eigenvalue weighted by Crippen LogP contribution is 2.19. The highest BCUT2D eigenvalue weighted by Gasteiger charge is 2.34. The summed E-state index contributed by atoms with van der Waals surface area (Å²) in [5.41, 5.74) is 0. The molecule has 0 amide bonds. The predicted molar refractivity (Wildman–Crippen MR) is 53.7 cm³/mol. The van der Waals surface area contributed by atoms with E-state index >= 15 is 0 Å². The third kappa shape index (κ3) is 2.64. The van der Waals surface area contributed by atoms with E-state index in [4.69, 9.17) is 0 Å². The molecule has 0 spiro atoms. The lowest BCUT2D eigenvalue weighted by Gasteiger charge is -2.42. The van der Waals surface area contributed by atoms with Gasteiger partial charge < -0.3 is 4.90 Å². The normalized spacial score (nSPS) is 28.3. The smallest absolute Gasteiger partial charge is 0.255 e. The van der Waals surface area contributed by atoms with E-state index in [2.05, 4.69) is 0 Å². The van der Waals surface area contributed by atoms with Crippen LogP contribution in [0.1, 0.15) is 20.3 Å². The van der Waals surface area contributed by atoms with Gasteiger partial charge in [0, 0.05) is 25.7 Å². The Labute approximate surface area is 84.9 Å². The number of rotatable bonds is 3. The van der Waals surface area contributed by atoms with Gasteiger partial charge in [0.15, 0.2) is 0 Å². The van der Waals surface area contributed by atoms with Gasteiger partial charge in [0.05, 0.1) is 6.04 Å². The van der Waals surface area contributed by atoms with Gasteiger partial charge in [0.25, 0.3) is 6.43 Å². The summed E-state index contributed by atoms with van der Waals surface area (Å²) in [5, 5.41) is 0. The monoisotopic (exact) mass is 206 g/mol. The largest absolute Gasteiger partial charge is 0.303 e. The van der Waals surface area contributed by atoms with Crippen molar-refractivity contribution in [3.05, 3.63) is 0 Å². The summed E-state index contributed by atoms with van der Waals surface area (Å²) in [7, 11) is 1.91. The summed E-state index contributed by atoms with van der Waals surface area (Å²) in [6.07, 6.45) is -1.29. The summed E-state index contributed by atoms with van der Waals surface area (Å²) >= 11 is 0. The molecule has 4 heteroatoms. The van der Waals surface area contributed by atoms with Gasteiger partial charge >= 0.3 is 0 Å². The highest BCUT2D eigenvalue weighted by atomic mass is 19.3. The second-order valence-electron chi connectivity index (χ2n) is 4.16. The van der Waals surface area contributed by atoms with Crippen molar-refractivity contribution in [2.24, 2.45) is 0 Å². The predicted octanol–water partition coefficient (Wildman–Crippen LogP) is 1.67. The fourth-order valence-corrected chi connectivity index (χ4v) is 1.97. The van der Waals surface area contributed by atoms with Gasteiger partial charge in [0.1, 0.15) is 0 Å². The van der Waals surface area contributed by atoms with Crippen LogP contribution in [0.2, 0.25) is 0 Å². The molecule has 0 N–H and O–H groups in total.